The molecule has 0 saturated heterocycles. The van der Waals surface area contributed by atoms with Gasteiger partial charge in [0.1, 0.15) is 5.15 Å². The van der Waals surface area contributed by atoms with Gasteiger partial charge in [-0.3, -0.25) is 4.79 Å². The molecule has 0 aliphatic carbocycles. The zero-order valence-electron chi connectivity index (χ0n) is 10.7. The Bertz CT molecular complexity index is 607. The van der Waals surface area contributed by atoms with Gasteiger partial charge in [0.2, 0.25) is 0 Å². The van der Waals surface area contributed by atoms with Crippen LogP contribution in [-0.4, -0.2) is 16.1 Å². The summed E-state index contributed by atoms with van der Waals surface area (Å²) in [5, 5.41) is 4.85. The monoisotopic (exact) mass is 340 g/mol. The summed E-state index contributed by atoms with van der Waals surface area (Å²) in [5.41, 5.74) is 2.30. The first kappa shape index (κ1) is 14.3. The van der Waals surface area contributed by atoms with E-state index in [1.165, 1.54) is 0 Å². The first-order chi connectivity index (χ1) is 9.04. The van der Waals surface area contributed by atoms with Gasteiger partial charge in [-0.05, 0) is 17.5 Å². The Labute approximate surface area is 125 Å². The molecule has 0 radical (unpaired) electrons. The highest BCUT2D eigenvalue weighted by molar-refractivity contribution is 9.10. The topological polar surface area (TPSA) is 34.9 Å². The van der Waals surface area contributed by atoms with E-state index in [0.717, 1.165) is 22.0 Å². The average Bonchev–Trinajstić information content (AvgIpc) is 2.69. The van der Waals surface area contributed by atoms with Crippen molar-refractivity contribution in [3.8, 4) is 0 Å². The Morgan fingerprint density at radius 1 is 1.42 bits per heavy atom. The minimum absolute atomic E-state index is 0.165. The number of halogens is 2. The number of hydrogen-bond acceptors (Lipinski definition) is 2. The van der Waals surface area contributed by atoms with Gasteiger partial charge in [-0.1, -0.05) is 59.6 Å². The van der Waals surface area contributed by atoms with E-state index >= 15 is 0 Å². The summed E-state index contributed by atoms with van der Waals surface area (Å²) in [6.45, 7) is 4.52. The molecule has 0 aliphatic rings. The number of hydrogen-bond donors (Lipinski definition) is 0. The van der Waals surface area contributed by atoms with E-state index in [2.05, 4.69) is 21.0 Å². The number of aldehydes is 1. The second-order valence-electron chi connectivity index (χ2n) is 4.61. The normalized spacial score (nSPS) is 11.0. The molecule has 2 rings (SSSR count). The van der Waals surface area contributed by atoms with E-state index in [1.807, 2.05) is 38.1 Å². The lowest BCUT2D eigenvalue weighted by Gasteiger charge is -2.05. The van der Waals surface area contributed by atoms with Crippen LogP contribution in [0.5, 0.6) is 0 Å². The summed E-state index contributed by atoms with van der Waals surface area (Å²) in [5.74, 6) is 0.165. The third-order valence-electron chi connectivity index (χ3n) is 2.90. The van der Waals surface area contributed by atoms with Crippen molar-refractivity contribution in [3.05, 3.63) is 50.7 Å². The molecule has 0 atom stereocenters. The first-order valence-electron chi connectivity index (χ1n) is 5.99. The summed E-state index contributed by atoms with van der Waals surface area (Å²) in [7, 11) is 0. The molecule has 5 heteroatoms. The van der Waals surface area contributed by atoms with Crippen LogP contribution < -0.4 is 0 Å². The number of benzene rings is 1. The fraction of sp³-hybridized carbons (Fsp3) is 0.286. The van der Waals surface area contributed by atoms with Gasteiger partial charge in [-0.2, -0.15) is 5.10 Å². The molecule has 0 bridgehead atoms. The van der Waals surface area contributed by atoms with Crippen LogP contribution >= 0.6 is 27.5 Å². The molecule has 2 aromatic rings. The molecule has 0 amide bonds. The predicted molar refractivity (Wildman–Crippen MR) is 80.0 cm³/mol. The molecule has 1 aromatic heterocycles. The molecule has 0 saturated carbocycles. The minimum Gasteiger partial charge on any atom is -0.298 e. The van der Waals surface area contributed by atoms with Gasteiger partial charge in [-0.15, -0.1) is 0 Å². The Kier molecular flexibility index (Phi) is 4.42. The highest BCUT2D eigenvalue weighted by Gasteiger charge is 2.18. The van der Waals surface area contributed by atoms with Gasteiger partial charge < -0.3 is 0 Å². The maximum absolute atomic E-state index is 11.1. The second-order valence-corrected chi connectivity index (χ2v) is 5.82. The van der Waals surface area contributed by atoms with Gasteiger partial charge in [0, 0.05) is 4.47 Å². The highest BCUT2D eigenvalue weighted by atomic mass is 79.9. The lowest BCUT2D eigenvalue weighted by molar-refractivity contribution is 0.112. The third-order valence-corrected chi connectivity index (χ3v) is 4.07. The lowest BCUT2D eigenvalue weighted by atomic mass is 10.1. The van der Waals surface area contributed by atoms with Crippen LogP contribution in [0.2, 0.25) is 5.15 Å². The quantitative estimate of drug-likeness (QED) is 0.778. The zero-order valence-corrected chi connectivity index (χ0v) is 13.1. The standard InChI is InChI=1S/C14H14BrClN2O/c1-9(2)13-11(8-19)14(16)18(17-13)7-10-5-3-4-6-12(10)15/h3-6,8-9H,7H2,1-2H3. The van der Waals surface area contributed by atoms with Crippen LogP contribution in [0, 0.1) is 0 Å². The lowest BCUT2D eigenvalue weighted by Crippen LogP contribution is -2.03. The van der Waals surface area contributed by atoms with Crippen LogP contribution in [0.4, 0.5) is 0 Å². The molecule has 19 heavy (non-hydrogen) atoms. The SMILES string of the molecule is CC(C)c1nn(Cc2ccccc2Br)c(Cl)c1C=O. The second kappa shape index (κ2) is 5.88. The van der Waals surface area contributed by atoms with E-state index in [9.17, 15) is 4.79 Å². The van der Waals surface area contributed by atoms with Crippen molar-refractivity contribution in [2.75, 3.05) is 0 Å². The molecule has 1 heterocycles. The highest BCUT2D eigenvalue weighted by Crippen LogP contribution is 2.26. The number of carbonyl (C=O) groups excluding carboxylic acids is 1. The van der Waals surface area contributed by atoms with Crippen molar-refractivity contribution >= 4 is 33.8 Å². The summed E-state index contributed by atoms with van der Waals surface area (Å²) >= 11 is 9.73. The van der Waals surface area contributed by atoms with E-state index in [-0.39, 0.29) is 5.92 Å². The Hall–Kier alpha value is -1.13. The van der Waals surface area contributed by atoms with Crippen LogP contribution in [-0.2, 0) is 6.54 Å². The fourth-order valence-corrected chi connectivity index (χ4v) is 2.55. The van der Waals surface area contributed by atoms with Crippen LogP contribution in [0.3, 0.4) is 0 Å². The zero-order chi connectivity index (χ0) is 14.0. The minimum atomic E-state index is 0.165. The molecular weight excluding hydrogens is 328 g/mol. The fourth-order valence-electron chi connectivity index (χ4n) is 1.90. The van der Waals surface area contributed by atoms with Crippen molar-refractivity contribution in [2.24, 2.45) is 0 Å². The van der Waals surface area contributed by atoms with E-state index in [1.54, 1.807) is 4.68 Å². The van der Waals surface area contributed by atoms with Crippen molar-refractivity contribution in [3.63, 3.8) is 0 Å². The number of aromatic nitrogens is 2. The molecule has 0 spiro atoms. The molecule has 1 aromatic carbocycles. The largest absolute Gasteiger partial charge is 0.298 e. The van der Waals surface area contributed by atoms with Gasteiger partial charge in [0.25, 0.3) is 0 Å². The molecule has 0 aliphatic heterocycles. The Morgan fingerprint density at radius 2 is 2.11 bits per heavy atom. The van der Waals surface area contributed by atoms with Gasteiger partial charge in [-0.25, -0.2) is 4.68 Å². The van der Waals surface area contributed by atoms with E-state index in [0.29, 0.717) is 17.3 Å². The average molecular weight is 342 g/mol. The molecule has 0 fully saturated rings. The molecule has 0 unspecified atom stereocenters. The number of rotatable bonds is 4. The molecule has 100 valence electrons. The Balaban J connectivity index is 2.41. The maximum atomic E-state index is 11.1. The van der Waals surface area contributed by atoms with Crippen LogP contribution in [0.1, 0.15) is 41.4 Å². The van der Waals surface area contributed by atoms with Gasteiger partial charge >= 0.3 is 0 Å². The number of nitrogens with zero attached hydrogens (tertiary/aromatic N) is 2. The summed E-state index contributed by atoms with van der Waals surface area (Å²) in [6.07, 6.45) is 0.779. The van der Waals surface area contributed by atoms with Crippen LogP contribution in [0.25, 0.3) is 0 Å². The molecule has 0 N–H and O–H groups in total. The Morgan fingerprint density at radius 3 is 2.63 bits per heavy atom. The smallest absolute Gasteiger partial charge is 0.155 e. The van der Waals surface area contributed by atoms with Crippen molar-refractivity contribution in [1.82, 2.24) is 9.78 Å². The number of carbonyl (C=O) groups is 1. The van der Waals surface area contributed by atoms with Crippen molar-refractivity contribution in [2.45, 2.75) is 26.3 Å². The summed E-state index contributed by atoms with van der Waals surface area (Å²) < 4.78 is 2.67. The predicted octanol–water partition coefficient (Wildman–Crippen LogP) is 4.28. The summed E-state index contributed by atoms with van der Waals surface area (Å²) in [6, 6.07) is 7.88. The first-order valence-corrected chi connectivity index (χ1v) is 7.16. The third kappa shape index (κ3) is 2.90. The van der Waals surface area contributed by atoms with Crippen molar-refractivity contribution < 1.29 is 4.79 Å². The van der Waals surface area contributed by atoms with Gasteiger partial charge in [0.05, 0.1) is 17.8 Å². The molecular formula is C14H14BrClN2O. The molecule has 3 nitrogen and oxygen atoms in total. The van der Waals surface area contributed by atoms with E-state index in [4.69, 9.17) is 11.6 Å². The van der Waals surface area contributed by atoms with Gasteiger partial charge in [0.15, 0.2) is 6.29 Å². The van der Waals surface area contributed by atoms with Crippen molar-refractivity contribution in [1.29, 1.82) is 0 Å². The van der Waals surface area contributed by atoms with E-state index < -0.39 is 0 Å². The summed E-state index contributed by atoms with van der Waals surface area (Å²) in [4.78, 5) is 11.1. The maximum Gasteiger partial charge on any atom is 0.155 e. The van der Waals surface area contributed by atoms with Crippen LogP contribution in [0.15, 0.2) is 28.7 Å².